The van der Waals surface area contributed by atoms with Crippen LogP contribution >= 0.6 is 0 Å². The highest BCUT2D eigenvalue weighted by molar-refractivity contribution is 5.15. The third-order valence-electron chi connectivity index (χ3n) is 1.71. The molecule has 1 radical (unpaired) electrons. The third-order valence-corrected chi connectivity index (χ3v) is 1.71. The molecule has 0 amide bonds. The second-order valence-corrected chi connectivity index (χ2v) is 2.77. The highest BCUT2D eigenvalue weighted by Gasteiger charge is 2.01. The van der Waals surface area contributed by atoms with Crippen molar-refractivity contribution in [2.24, 2.45) is 0 Å². The smallest absolute Gasteiger partial charge is 0.0616 e. The maximum Gasteiger partial charge on any atom is 0.0616 e. The number of hydrogen-bond donors (Lipinski definition) is 0. The van der Waals surface area contributed by atoms with E-state index in [2.05, 4.69) is 19.1 Å². The Morgan fingerprint density at radius 3 is 2.58 bits per heavy atom. The van der Waals surface area contributed by atoms with Crippen molar-refractivity contribution in [3.05, 3.63) is 42.8 Å². The van der Waals surface area contributed by atoms with E-state index in [0.29, 0.717) is 0 Å². The molecule has 0 heterocycles. The molecule has 0 bridgehead atoms. The summed E-state index contributed by atoms with van der Waals surface area (Å²) in [7, 11) is 0. The van der Waals surface area contributed by atoms with Gasteiger partial charge < -0.3 is 4.74 Å². The molecule has 0 saturated heterocycles. The Hall–Kier alpha value is -0.820. The number of ether oxygens (including phenoxy) is 1. The van der Waals surface area contributed by atoms with E-state index in [9.17, 15) is 0 Å². The van der Waals surface area contributed by atoms with Crippen LogP contribution in [0.2, 0.25) is 0 Å². The van der Waals surface area contributed by atoms with E-state index < -0.39 is 0 Å². The molecule has 0 aromatic heterocycles. The van der Waals surface area contributed by atoms with Gasteiger partial charge in [0.25, 0.3) is 0 Å². The van der Waals surface area contributed by atoms with Crippen molar-refractivity contribution in [1.29, 1.82) is 0 Å². The molecule has 1 atom stereocenters. The standard InChI is InChI=1S/C11H15O/c1-3-12-10(2)9-11-7-5-4-6-8-11/h4-8,10H,2-3,9H2,1H3. The zero-order valence-corrected chi connectivity index (χ0v) is 7.49. The van der Waals surface area contributed by atoms with Crippen molar-refractivity contribution in [3.63, 3.8) is 0 Å². The largest absolute Gasteiger partial charge is 0.378 e. The van der Waals surface area contributed by atoms with E-state index >= 15 is 0 Å². The average Bonchev–Trinajstić information content (AvgIpc) is 2.06. The van der Waals surface area contributed by atoms with Gasteiger partial charge in [-0.2, -0.15) is 0 Å². The Kier molecular flexibility index (Phi) is 3.81. The molecule has 12 heavy (non-hydrogen) atoms. The fourth-order valence-corrected chi connectivity index (χ4v) is 1.17. The molecule has 1 heteroatoms. The Bertz CT molecular complexity index is 206. The lowest BCUT2D eigenvalue weighted by molar-refractivity contribution is 0.0948. The van der Waals surface area contributed by atoms with Gasteiger partial charge in [-0.25, -0.2) is 0 Å². The van der Waals surface area contributed by atoms with Crippen LogP contribution in [0.15, 0.2) is 30.3 Å². The lowest BCUT2D eigenvalue weighted by Gasteiger charge is -2.10. The van der Waals surface area contributed by atoms with E-state index in [0.717, 1.165) is 13.0 Å². The molecule has 0 fully saturated rings. The maximum atomic E-state index is 5.33. The van der Waals surface area contributed by atoms with Gasteiger partial charge in [-0.15, -0.1) is 0 Å². The average molecular weight is 163 g/mol. The SMILES string of the molecule is [CH2]C(Cc1ccccc1)OCC. The monoisotopic (exact) mass is 163 g/mol. The van der Waals surface area contributed by atoms with Crippen molar-refractivity contribution in [3.8, 4) is 0 Å². The molecular formula is C11H15O. The molecule has 1 aromatic carbocycles. The number of rotatable bonds is 4. The van der Waals surface area contributed by atoms with Crippen LogP contribution in [0.25, 0.3) is 0 Å². The van der Waals surface area contributed by atoms with E-state index in [-0.39, 0.29) is 6.10 Å². The zero-order valence-electron chi connectivity index (χ0n) is 7.49. The van der Waals surface area contributed by atoms with E-state index in [4.69, 9.17) is 4.74 Å². The minimum atomic E-state index is 0.0809. The van der Waals surface area contributed by atoms with Gasteiger partial charge in [-0.05, 0) is 25.8 Å². The van der Waals surface area contributed by atoms with Crippen molar-refractivity contribution in [1.82, 2.24) is 0 Å². The zero-order chi connectivity index (χ0) is 8.81. The highest BCUT2D eigenvalue weighted by Crippen LogP contribution is 2.04. The maximum absolute atomic E-state index is 5.33. The van der Waals surface area contributed by atoms with E-state index in [1.807, 2.05) is 25.1 Å². The first-order valence-electron chi connectivity index (χ1n) is 4.31. The molecule has 0 saturated carbocycles. The van der Waals surface area contributed by atoms with Crippen LogP contribution in [0.4, 0.5) is 0 Å². The molecule has 1 unspecified atom stereocenters. The number of hydrogen-bond acceptors (Lipinski definition) is 1. The molecule has 0 aliphatic carbocycles. The first-order valence-corrected chi connectivity index (χ1v) is 4.31. The first kappa shape index (κ1) is 9.27. The minimum Gasteiger partial charge on any atom is -0.378 e. The van der Waals surface area contributed by atoms with Gasteiger partial charge in [-0.3, -0.25) is 0 Å². The summed E-state index contributed by atoms with van der Waals surface area (Å²) in [6.07, 6.45) is 0.978. The molecule has 1 aromatic rings. The van der Waals surface area contributed by atoms with Gasteiger partial charge in [0.05, 0.1) is 6.10 Å². The van der Waals surface area contributed by atoms with Gasteiger partial charge in [-0.1, -0.05) is 30.3 Å². The topological polar surface area (TPSA) is 9.23 Å². The van der Waals surface area contributed by atoms with Gasteiger partial charge in [0, 0.05) is 6.61 Å². The van der Waals surface area contributed by atoms with E-state index in [1.54, 1.807) is 0 Å². The summed E-state index contributed by atoms with van der Waals surface area (Å²) in [6.45, 7) is 6.63. The summed E-state index contributed by atoms with van der Waals surface area (Å²) < 4.78 is 5.33. The van der Waals surface area contributed by atoms with Crippen molar-refractivity contribution in [2.45, 2.75) is 19.4 Å². The van der Waals surface area contributed by atoms with Gasteiger partial charge >= 0.3 is 0 Å². The Balaban J connectivity index is 2.41. The molecule has 0 aliphatic heterocycles. The molecule has 0 spiro atoms. The Morgan fingerprint density at radius 2 is 2.00 bits per heavy atom. The molecule has 0 N–H and O–H groups in total. The lowest BCUT2D eigenvalue weighted by Crippen LogP contribution is -2.11. The third kappa shape index (κ3) is 3.05. The molecule has 65 valence electrons. The van der Waals surface area contributed by atoms with E-state index in [1.165, 1.54) is 5.56 Å². The molecular weight excluding hydrogens is 148 g/mol. The quantitative estimate of drug-likeness (QED) is 0.662. The first-order chi connectivity index (χ1) is 5.83. The van der Waals surface area contributed by atoms with Crippen LogP contribution in [0.3, 0.4) is 0 Å². The summed E-state index contributed by atoms with van der Waals surface area (Å²) in [5.41, 5.74) is 1.28. The van der Waals surface area contributed by atoms with Gasteiger partial charge in [0.2, 0.25) is 0 Å². The summed E-state index contributed by atoms with van der Waals surface area (Å²) >= 11 is 0. The predicted molar refractivity (Wildman–Crippen MR) is 50.9 cm³/mol. The van der Waals surface area contributed by atoms with Crippen molar-refractivity contribution >= 4 is 0 Å². The fraction of sp³-hybridized carbons (Fsp3) is 0.364. The Morgan fingerprint density at radius 1 is 1.33 bits per heavy atom. The van der Waals surface area contributed by atoms with Crippen LogP contribution in [0.5, 0.6) is 0 Å². The second-order valence-electron chi connectivity index (χ2n) is 2.77. The molecule has 1 rings (SSSR count). The van der Waals surface area contributed by atoms with Gasteiger partial charge in [0.1, 0.15) is 0 Å². The van der Waals surface area contributed by atoms with Crippen LogP contribution in [-0.2, 0) is 11.2 Å². The summed E-state index contributed by atoms with van der Waals surface area (Å²) in [5.74, 6) is 0. The van der Waals surface area contributed by atoms with Crippen molar-refractivity contribution < 1.29 is 4.74 Å². The fourth-order valence-electron chi connectivity index (χ4n) is 1.17. The number of benzene rings is 1. The summed E-state index contributed by atoms with van der Waals surface area (Å²) in [6, 6.07) is 10.3. The van der Waals surface area contributed by atoms with Crippen molar-refractivity contribution in [2.75, 3.05) is 6.61 Å². The lowest BCUT2D eigenvalue weighted by atomic mass is 10.1. The summed E-state index contributed by atoms with van der Waals surface area (Å²) in [4.78, 5) is 0. The molecule has 1 nitrogen and oxygen atoms in total. The summed E-state index contributed by atoms with van der Waals surface area (Å²) in [5, 5.41) is 0. The van der Waals surface area contributed by atoms with Crippen LogP contribution < -0.4 is 0 Å². The van der Waals surface area contributed by atoms with Crippen LogP contribution in [-0.4, -0.2) is 12.7 Å². The Labute approximate surface area is 74.4 Å². The molecule has 0 aliphatic rings. The minimum absolute atomic E-state index is 0.0809. The predicted octanol–water partition coefficient (Wildman–Crippen LogP) is 2.47. The normalized spacial score (nSPS) is 12.8. The van der Waals surface area contributed by atoms with Crippen LogP contribution in [0, 0.1) is 6.92 Å². The van der Waals surface area contributed by atoms with Crippen LogP contribution in [0.1, 0.15) is 12.5 Å². The second kappa shape index (κ2) is 4.94. The van der Waals surface area contributed by atoms with Gasteiger partial charge in [0.15, 0.2) is 0 Å². The highest BCUT2D eigenvalue weighted by atomic mass is 16.5.